The summed E-state index contributed by atoms with van der Waals surface area (Å²) in [6, 6.07) is 15.1. The number of hydrogen-bond donors (Lipinski definition) is 1. The second-order valence-electron chi connectivity index (χ2n) is 6.98. The van der Waals surface area contributed by atoms with Gasteiger partial charge in [-0.25, -0.2) is 4.79 Å². The van der Waals surface area contributed by atoms with E-state index in [1.54, 1.807) is 36.9 Å². The van der Waals surface area contributed by atoms with Gasteiger partial charge in [-0.2, -0.15) is 0 Å². The summed E-state index contributed by atoms with van der Waals surface area (Å²) in [5, 5.41) is 9.28. The van der Waals surface area contributed by atoms with Crippen LogP contribution in [0.1, 0.15) is 44.0 Å². The Morgan fingerprint density at radius 3 is 2.28 bits per heavy atom. The maximum atomic E-state index is 11.8. The molecular weight excluding hydrogens is 384 g/mol. The molecule has 0 fully saturated rings. The number of carboxylic acids is 1. The summed E-state index contributed by atoms with van der Waals surface area (Å²) >= 11 is 1.67. The maximum Gasteiger partial charge on any atom is 0.335 e. The van der Waals surface area contributed by atoms with Crippen molar-refractivity contribution >= 4 is 34.9 Å². The van der Waals surface area contributed by atoms with Crippen LogP contribution >= 0.6 is 11.8 Å². The molecule has 0 aromatic heterocycles. The lowest BCUT2D eigenvalue weighted by Crippen LogP contribution is -2.29. The number of para-hydroxylation sites is 1. The Kier molecular flexibility index (Phi) is 9.06. The fourth-order valence-corrected chi connectivity index (χ4v) is 4.25. The molecule has 0 saturated carbocycles. The summed E-state index contributed by atoms with van der Waals surface area (Å²) < 4.78 is 0. The zero-order chi connectivity index (χ0) is 21.2. The van der Waals surface area contributed by atoms with Crippen LogP contribution < -0.4 is 9.80 Å². The zero-order valence-corrected chi connectivity index (χ0v) is 18.2. The van der Waals surface area contributed by atoms with Gasteiger partial charge in [-0.15, -0.1) is 11.8 Å². The van der Waals surface area contributed by atoms with E-state index < -0.39 is 5.97 Å². The Bertz CT molecular complexity index is 819. The number of carbonyl (C=O) groups is 2. The number of benzene rings is 2. The van der Waals surface area contributed by atoms with Crippen LogP contribution in [-0.4, -0.2) is 42.4 Å². The third-order valence-electron chi connectivity index (χ3n) is 4.44. The van der Waals surface area contributed by atoms with E-state index >= 15 is 0 Å². The van der Waals surface area contributed by atoms with Gasteiger partial charge < -0.3 is 14.9 Å². The second-order valence-corrected chi connectivity index (χ2v) is 7.97. The van der Waals surface area contributed by atoms with E-state index in [4.69, 9.17) is 0 Å². The molecule has 2 aromatic carbocycles. The number of aromatic carboxylic acids is 1. The first-order valence-corrected chi connectivity index (χ1v) is 11.0. The fourth-order valence-electron chi connectivity index (χ4n) is 3.20. The molecule has 29 heavy (non-hydrogen) atoms. The smallest absolute Gasteiger partial charge is 0.335 e. The van der Waals surface area contributed by atoms with Gasteiger partial charge in [0.25, 0.3) is 0 Å². The molecule has 0 bridgehead atoms. The number of thioether (sulfide) groups is 1. The molecule has 0 amide bonds. The Morgan fingerprint density at radius 1 is 0.966 bits per heavy atom. The molecule has 2 aromatic rings. The summed E-state index contributed by atoms with van der Waals surface area (Å²) in [6.45, 7) is 8.17. The first kappa shape index (κ1) is 22.8. The van der Waals surface area contributed by atoms with Crippen molar-refractivity contribution in [3.8, 4) is 0 Å². The van der Waals surface area contributed by atoms with Gasteiger partial charge in [0, 0.05) is 23.7 Å². The summed E-state index contributed by atoms with van der Waals surface area (Å²) in [5.74, 6) is -0.369. The average Bonchev–Trinajstić information content (AvgIpc) is 2.71. The van der Waals surface area contributed by atoms with Crippen molar-refractivity contribution in [3.63, 3.8) is 0 Å². The van der Waals surface area contributed by atoms with Crippen molar-refractivity contribution in [2.75, 3.05) is 35.3 Å². The minimum Gasteiger partial charge on any atom is -0.478 e. The van der Waals surface area contributed by atoms with Crippen LogP contribution in [0.25, 0.3) is 0 Å². The van der Waals surface area contributed by atoms with Crippen molar-refractivity contribution in [2.24, 2.45) is 0 Å². The van der Waals surface area contributed by atoms with Crippen LogP contribution in [0, 0.1) is 0 Å². The standard InChI is InChI=1S/C23H30N2O3S/c1-4-13-24(14-5-2)21-11-6-7-12-22(21)29-17-25(16-18(3)26)20-10-8-9-19(15-20)23(27)28/h6-12,15H,4-5,13-14,16-17H2,1-3H3,(H,27,28). The van der Waals surface area contributed by atoms with E-state index in [1.165, 1.54) is 5.69 Å². The number of carbonyl (C=O) groups excluding carboxylic acids is 1. The van der Waals surface area contributed by atoms with E-state index in [1.807, 2.05) is 17.0 Å². The van der Waals surface area contributed by atoms with Crippen molar-refractivity contribution < 1.29 is 14.7 Å². The summed E-state index contributed by atoms with van der Waals surface area (Å²) in [7, 11) is 0. The largest absolute Gasteiger partial charge is 0.478 e. The third kappa shape index (κ3) is 6.82. The van der Waals surface area contributed by atoms with Gasteiger partial charge in [0.1, 0.15) is 5.78 Å². The molecule has 0 heterocycles. The molecule has 0 aliphatic rings. The monoisotopic (exact) mass is 414 g/mol. The topological polar surface area (TPSA) is 60.9 Å². The van der Waals surface area contributed by atoms with E-state index in [0.29, 0.717) is 5.88 Å². The molecule has 1 N–H and O–H groups in total. The highest BCUT2D eigenvalue weighted by Crippen LogP contribution is 2.32. The van der Waals surface area contributed by atoms with Gasteiger partial charge in [0.15, 0.2) is 0 Å². The number of nitrogens with zero attached hydrogens (tertiary/aromatic N) is 2. The van der Waals surface area contributed by atoms with Crippen LogP contribution in [0.15, 0.2) is 53.4 Å². The van der Waals surface area contributed by atoms with Crippen molar-refractivity contribution in [1.82, 2.24) is 0 Å². The van der Waals surface area contributed by atoms with Gasteiger partial charge in [-0.05, 0) is 50.1 Å². The summed E-state index contributed by atoms with van der Waals surface area (Å²) in [4.78, 5) is 28.7. The molecule has 0 radical (unpaired) electrons. The predicted molar refractivity (Wildman–Crippen MR) is 121 cm³/mol. The Hall–Kier alpha value is -2.47. The summed E-state index contributed by atoms with van der Waals surface area (Å²) in [5.41, 5.74) is 2.17. The fraction of sp³-hybridized carbons (Fsp3) is 0.391. The molecule has 0 atom stereocenters. The minimum absolute atomic E-state index is 0.0400. The quantitative estimate of drug-likeness (QED) is 0.382. The Balaban J connectivity index is 2.25. The number of Topliss-reactive ketones (excluding diaryl/α,β-unsaturated/α-hetero) is 1. The van der Waals surface area contributed by atoms with Crippen LogP contribution in [-0.2, 0) is 4.79 Å². The van der Waals surface area contributed by atoms with E-state index in [9.17, 15) is 14.7 Å². The first-order valence-electron chi connectivity index (χ1n) is 10.0. The highest BCUT2D eigenvalue weighted by molar-refractivity contribution is 7.99. The lowest BCUT2D eigenvalue weighted by molar-refractivity contribution is -0.115. The highest BCUT2D eigenvalue weighted by atomic mass is 32.2. The number of ketones is 1. The second kappa shape index (κ2) is 11.5. The van der Waals surface area contributed by atoms with Crippen LogP contribution in [0.2, 0.25) is 0 Å². The molecule has 0 spiro atoms. The maximum absolute atomic E-state index is 11.8. The summed E-state index contributed by atoms with van der Waals surface area (Å²) in [6.07, 6.45) is 2.16. The Labute approximate surface area is 177 Å². The van der Waals surface area contributed by atoms with E-state index in [2.05, 4.69) is 36.9 Å². The SMILES string of the molecule is CCCN(CCC)c1ccccc1SCN(CC(C)=O)c1cccc(C(=O)O)c1. The van der Waals surface area contributed by atoms with Gasteiger partial charge in [-0.3, -0.25) is 4.79 Å². The van der Waals surface area contributed by atoms with Gasteiger partial charge >= 0.3 is 5.97 Å². The third-order valence-corrected chi connectivity index (χ3v) is 5.54. The lowest BCUT2D eigenvalue weighted by atomic mass is 10.2. The number of rotatable bonds is 12. The van der Waals surface area contributed by atoms with Crippen molar-refractivity contribution in [1.29, 1.82) is 0 Å². The minimum atomic E-state index is -0.970. The highest BCUT2D eigenvalue weighted by Gasteiger charge is 2.15. The van der Waals surface area contributed by atoms with E-state index in [0.717, 1.165) is 36.5 Å². The van der Waals surface area contributed by atoms with E-state index in [-0.39, 0.29) is 17.9 Å². The van der Waals surface area contributed by atoms with Crippen molar-refractivity contribution in [3.05, 3.63) is 54.1 Å². The van der Waals surface area contributed by atoms with Crippen molar-refractivity contribution in [2.45, 2.75) is 38.5 Å². The molecule has 0 unspecified atom stereocenters. The molecule has 6 heteroatoms. The molecule has 0 saturated heterocycles. The normalized spacial score (nSPS) is 10.6. The molecular formula is C23H30N2O3S. The molecule has 0 aliphatic heterocycles. The number of carboxylic acid groups (broad SMARTS) is 1. The van der Waals surface area contributed by atoms with Crippen LogP contribution in [0.3, 0.4) is 0 Å². The number of anilines is 2. The van der Waals surface area contributed by atoms with Gasteiger partial charge in [0.2, 0.25) is 0 Å². The molecule has 5 nitrogen and oxygen atoms in total. The average molecular weight is 415 g/mol. The zero-order valence-electron chi connectivity index (χ0n) is 17.4. The lowest BCUT2D eigenvalue weighted by Gasteiger charge is -2.28. The molecule has 2 rings (SSSR count). The van der Waals surface area contributed by atoms with Crippen LogP contribution in [0.4, 0.5) is 11.4 Å². The van der Waals surface area contributed by atoms with Gasteiger partial charge in [0.05, 0.1) is 23.7 Å². The number of hydrogen-bond acceptors (Lipinski definition) is 5. The molecule has 0 aliphatic carbocycles. The van der Waals surface area contributed by atoms with Gasteiger partial charge in [-0.1, -0.05) is 32.0 Å². The van der Waals surface area contributed by atoms with Crippen LogP contribution in [0.5, 0.6) is 0 Å². The Morgan fingerprint density at radius 2 is 1.66 bits per heavy atom. The predicted octanol–water partition coefficient (Wildman–Crippen LogP) is 5.16. The first-order chi connectivity index (χ1) is 14.0. The molecule has 156 valence electrons.